The van der Waals surface area contributed by atoms with Crippen molar-refractivity contribution < 1.29 is 0 Å². The molecule has 1 saturated heterocycles. The van der Waals surface area contributed by atoms with Crippen molar-refractivity contribution in [1.82, 2.24) is 4.90 Å². The molecule has 0 amide bonds. The molecule has 0 bridgehead atoms. The van der Waals surface area contributed by atoms with Crippen molar-refractivity contribution in [2.45, 2.75) is 31.8 Å². The van der Waals surface area contributed by atoms with Gasteiger partial charge in [0.05, 0.1) is 0 Å². The molecular weight excluding hydrogens is 208 g/mol. The minimum absolute atomic E-state index is 0.466. The second-order valence-corrected chi connectivity index (χ2v) is 5.77. The molecule has 3 rings (SSSR count). The van der Waals surface area contributed by atoms with Crippen LogP contribution in [0.25, 0.3) is 0 Å². The average molecular weight is 230 g/mol. The fourth-order valence-electron chi connectivity index (χ4n) is 3.54. The van der Waals surface area contributed by atoms with E-state index in [4.69, 9.17) is 5.73 Å². The van der Waals surface area contributed by atoms with E-state index in [0.717, 1.165) is 18.4 Å². The van der Waals surface area contributed by atoms with Gasteiger partial charge in [-0.1, -0.05) is 30.3 Å². The van der Waals surface area contributed by atoms with Gasteiger partial charge < -0.3 is 5.73 Å². The highest BCUT2D eigenvalue weighted by molar-refractivity contribution is 5.14. The molecule has 2 N–H and O–H groups in total. The van der Waals surface area contributed by atoms with Crippen LogP contribution in [0.1, 0.15) is 24.8 Å². The molecule has 92 valence electrons. The summed E-state index contributed by atoms with van der Waals surface area (Å²) in [4.78, 5) is 2.61. The molecule has 2 fully saturated rings. The Morgan fingerprint density at radius 2 is 1.82 bits per heavy atom. The fraction of sp³-hybridized carbons (Fsp3) is 0.600. The van der Waals surface area contributed by atoms with E-state index >= 15 is 0 Å². The predicted octanol–water partition coefficient (Wildman–Crippen LogP) is 2.25. The summed E-state index contributed by atoms with van der Waals surface area (Å²) < 4.78 is 0. The predicted molar refractivity (Wildman–Crippen MR) is 70.5 cm³/mol. The number of rotatable bonds is 2. The maximum absolute atomic E-state index is 6.07. The van der Waals surface area contributed by atoms with Crippen molar-refractivity contribution in [2.24, 2.45) is 17.6 Å². The molecule has 1 aromatic carbocycles. The van der Waals surface area contributed by atoms with Crippen LogP contribution in [0.5, 0.6) is 0 Å². The van der Waals surface area contributed by atoms with E-state index in [1.54, 1.807) is 0 Å². The average Bonchev–Trinajstić information content (AvgIpc) is 2.71. The van der Waals surface area contributed by atoms with Crippen LogP contribution >= 0.6 is 0 Å². The molecular formula is C15H22N2. The first kappa shape index (κ1) is 11.2. The van der Waals surface area contributed by atoms with Crippen molar-refractivity contribution >= 4 is 0 Å². The third kappa shape index (κ3) is 2.53. The normalized spacial score (nSPS) is 33.6. The van der Waals surface area contributed by atoms with Crippen LogP contribution in [0.4, 0.5) is 0 Å². The highest BCUT2D eigenvalue weighted by Gasteiger charge is 2.36. The Balaban J connectivity index is 1.60. The number of nitrogens with two attached hydrogens (primary N) is 1. The van der Waals surface area contributed by atoms with Gasteiger partial charge in [-0.15, -0.1) is 0 Å². The van der Waals surface area contributed by atoms with Gasteiger partial charge in [-0.3, -0.25) is 4.90 Å². The monoisotopic (exact) mass is 230 g/mol. The van der Waals surface area contributed by atoms with Crippen molar-refractivity contribution in [3.8, 4) is 0 Å². The van der Waals surface area contributed by atoms with Crippen molar-refractivity contribution in [1.29, 1.82) is 0 Å². The molecule has 2 nitrogen and oxygen atoms in total. The second kappa shape index (κ2) is 4.79. The molecule has 2 heteroatoms. The summed E-state index contributed by atoms with van der Waals surface area (Å²) in [5.74, 6) is 1.78. The van der Waals surface area contributed by atoms with Crippen LogP contribution in [0.15, 0.2) is 30.3 Å². The molecule has 1 aliphatic heterocycles. The van der Waals surface area contributed by atoms with Gasteiger partial charge in [0.2, 0.25) is 0 Å². The first-order valence-electron chi connectivity index (χ1n) is 6.83. The molecule has 1 aliphatic carbocycles. The maximum atomic E-state index is 6.07. The van der Waals surface area contributed by atoms with E-state index in [9.17, 15) is 0 Å². The number of hydrogen-bond donors (Lipinski definition) is 1. The van der Waals surface area contributed by atoms with Gasteiger partial charge in [-0.05, 0) is 36.7 Å². The summed E-state index contributed by atoms with van der Waals surface area (Å²) in [6.45, 7) is 3.66. The Bertz CT molecular complexity index is 362. The number of fused-ring (bicyclic) bond motifs is 1. The third-order valence-corrected chi connectivity index (χ3v) is 4.41. The minimum Gasteiger partial charge on any atom is -0.328 e. The molecule has 3 atom stereocenters. The standard InChI is InChI=1S/C15H22N2/c16-15-7-6-13-10-17(11-14(13)8-15)9-12-4-2-1-3-5-12/h1-5,13-15H,6-11,16H2/t13-,14+,15?/m1/s1. The summed E-state index contributed by atoms with van der Waals surface area (Å²) >= 11 is 0. The van der Waals surface area contributed by atoms with Crippen molar-refractivity contribution in [3.05, 3.63) is 35.9 Å². The Labute approximate surface area is 104 Å². The molecule has 1 heterocycles. The lowest BCUT2D eigenvalue weighted by molar-refractivity contribution is 0.271. The van der Waals surface area contributed by atoms with Crippen LogP contribution in [0.3, 0.4) is 0 Å². The molecule has 2 aliphatic rings. The van der Waals surface area contributed by atoms with E-state index < -0.39 is 0 Å². The Hall–Kier alpha value is -0.860. The third-order valence-electron chi connectivity index (χ3n) is 4.41. The van der Waals surface area contributed by atoms with E-state index in [1.807, 2.05) is 0 Å². The lowest BCUT2D eigenvalue weighted by atomic mass is 9.79. The minimum atomic E-state index is 0.466. The lowest BCUT2D eigenvalue weighted by Gasteiger charge is -2.28. The largest absolute Gasteiger partial charge is 0.328 e. The lowest BCUT2D eigenvalue weighted by Crippen LogP contribution is -2.32. The fourth-order valence-corrected chi connectivity index (χ4v) is 3.54. The van der Waals surface area contributed by atoms with Crippen molar-refractivity contribution in [2.75, 3.05) is 13.1 Å². The topological polar surface area (TPSA) is 29.3 Å². The van der Waals surface area contributed by atoms with Gasteiger partial charge in [0, 0.05) is 25.7 Å². The SMILES string of the molecule is NC1CC[C@@H]2CN(Cc3ccccc3)C[C@@H]2C1. The number of likely N-dealkylation sites (tertiary alicyclic amines) is 1. The Morgan fingerprint density at radius 1 is 1.06 bits per heavy atom. The van der Waals surface area contributed by atoms with Gasteiger partial charge in [0.15, 0.2) is 0 Å². The maximum Gasteiger partial charge on any atom is 0.0233 e. The molecule has 0 aromatic heterocycles. The zero-order valence-corrected chi connectivity index (χ0v) is 10.4. The smallest absolute Gasteiger partial charge is 0.0233 e. The zero-order valence-electron chi connectivity index (χ0n) is 10.4. The van der Waals surface area contributed by atoms with Gasteiger partial charge >= 0.3 is 0 Å². The van der Waals surface area contributed by atoms with Gasteiger partial charge in [-0.2, -0.15) is 0 Å². The van der Waals surface area contributed by atoms with Crippen LogP contribution < -0.4 is 5.73 Å². The summed E-state index contributed by atoms with van der Waals surface area (Å²) in [5.41, 5.74) is 7.51. The van der Waals surface area contributed by atoms with E-state index in [-0.39, 0.29) is 0 Å². The Kier molecular flexibility index (Phi) is 3.17. The summed E-state index contributed by atoms with van der Waals surface area (Å²) in [7, 11) is 0. The molecule has 1 aromatic rings. The first-order valence-corrected chi connectivity index (χ1v) is 6.83. The molecule has 0 spiro atoms. The van der Waals surface area contributed by atoms with Crippen LogP contribution in [-0.4, -0.2) is 24.0 Å². The van der Waals surface area contributed by atoms with Crippen LogP contribution in [-0.2, 0) is 6.54 Å². The van der Waals surface area contributed by atoms with Gasteiger partial charge in [-0.25, -0.2) is 0 Å². The molecule has 17 heavy (non-hydrogen) atoms. The summed E-state index contributed by atoms with van der Waals surface area (Å²) in [5, 5.41) is 0. The highest BCUT2D eigenvalue weighted by Crippen LogP contribution is 2.36. The number of hydrogen-bond acceptors (Lipinski definition) is 2. The number of nitrogens with zero attached hydrogens (tertiary/aromatic N) is 1. The van der Waals surface area contributed by atoms with Crippen LogP contribution in [0.2, 0.25) is 0 Å². The first-order chi connectivity index (χ1) is 8.31. The number of benzene rings is 1. The van der Waals surface area contributed by atoms with Gasteiger partial charge in [0.1, 0.15) is 0 Å². The molecule has 0 radical (unpaired) electrons. The summed E-state index contributed by atoms with van der Waals surface area (Å²) in [6, 6.07) is 11.3. The summed E-state index contributed by atoms with van der Waals surface area (Å²) in [6.07, 6.45) is 3.83. The zero-order chi connectivity index (χ0) is 11.7. The van der Waals surface area contributed by atoms with Gasteiger partial charge in [0.25, 0.3) is 0 Å². The quantitative estimate of drug-likeness (QED) is 0.844. The molecule has 1 saturated carbocycles. The van der Waals surface area contributed by atoms with E-state index in [2.05, 4.69) is 35.2 Å². The molecule has 1 unspecified atom stereocenters. The second-order valence-electron chi connectivity index (χ2n) is 5.77. The van der Waals surface area contributed by atoms with Crippen molar-refractivity contribution in [3.63, 3.8) is 0 Å². The van der Waals surface area contributed by atoms with E-state index in [0.29, 0.717) is 6.04 Å². The van der Waals surface area contributed by atoms with Crippen LogP contribution in [0, 0.1) is 11.8 Å². The Morgan fingerprint density at radius 3 is 2.65 bits per heavy atom. The highest BCUT2D eigenvalue weighted by atomic mass is 15.2. The van der Waals surface area contributed by atoms with E-state index in [1.165, 1.54) is 37.9 Å².